The molecule has 0 unspecified atom stereocenters. The van der Waals surface area contributed by atoms with Gasteiger partial charge in [-0.15, -0.1) is 0 Å². The highest BCUT2D eigenvalue weighted by atomic mass is 35.5. The summed E-state index contributed by atoms with van der Waals surface area (Å²) in [5.41, 5.74) is 1.81. The summed E-state index contributed by atoms with van der Waals surface area (Å²) in [6, 6.07) is 5.37. The van der Waals surface area contributed by atoms with Crippen molar-refractivity contribution >= 4 is 58.0 Å². The van der Waals surface area contributed by atoms with E-state index in [4.69, 9.17) is 47.0 Å². The highest BCUT2D eigenvalue weighted by molar-refractivity contribution is 7.80. The van der Waals surface area contributed by atoms with Crippen molar-refractivity contribution in [3.8, 4) is 0 Å². The highest BCUT2D eigenvalue weighted by Gasteiger charge is 2.12. The van der Waals surface area contributed by atoms with E-state index in [0.717, 1.165) is 17.7 Å². The van der Waals surface area contributed by atoms with Crippen LogP contribution in [0.2, 0.25) is 15.1 Å². The number of hydrogen-bond acceptors (Lipinski definition) is 3. The molecule has 0 amide bonds. The zero-order chi connectivity index (χ0) is 19.4. The van der Waals surface area contributed by atoms with Gasteiger partial charge in [0.2, 0.25) is 0 Å². The fourth-order valence-electron chi connectivity index (χ4n) is 2.41. The van der Waals surface area contributed by atoms with Gasteiger partial charge in [0, 0.05) is 46.7 Å². The molecule has 2 N–H and O–H groups in total. The zero-order valence-electron chi connectivity index (χ0n) is 14.4. The first-order chi connectivity index (χ1) is 13.0. The van der Waals surface area contributed by atoms with Crippen LogP contribution in [-0.2, 0) is 19.6 Å². The number of nitrogens with one attached hydrogen (secondary N) is 2. The van der Waals surface area contributed by atoms with Crippen molar-refractivity contribution < 1.29 is 0 Å². The smallest absolute Gasteiger partial charge is 0.173 e. The predicted octanol–water partition coefficient (Wildman–Crippen LogP) is 4.59. The normalized spacial score (nSPS) is 10.8. The molecule has 0 aliphatic heterocycles. The van der Waals surface area contributed by atoms with Crippen LogP contribution in [0, 0.1) is 0 Å². The molecule has 0 aliphatic rings. The van der Waals surface area contributed by atoms with Gasteiger partial charge in [-0.3, -0.25) is 9.36 Å². The van der Waals surface area contributed by atoms with E-state index in [-0.39, 0.29) is 0 Å². The van der Waals surface area contributed by atoms with Crippen LogP contribution in [0.15, 0.2) is 36.8 Å². The average Bonchev–Trinajstić information content (AvgIpc) is 3.23. The molecule has 0 fully saturated rings. The maximum absolute atomic E-state index is 6.26. The summed E-state index contributed by atoms with van der Waals surface area (Å²) in [6.07, 6.45) is 5.45. The summed E-state index contributed by atoms with van der Waals surface area (Å²) < 4.78 is 3.51. The molecule has 27 heavy (non-hydrogen) atoms. The molecule has 2 aromatic heterocycles. The number of aromatic nitrogens is 4. The molecule has 142 valence electrons. The van der Waals surface area contributed by atoms with Gasteiger partial charge in [-0.25, -0.2) is 0 Å². The molecule has 1 aromatic carbocycles. The van der Waals surface area contributed by atoms with Crippen molar-refractivity contribution in [2.75, 3.05) is 5.32 Å². The van der Waals surface area contributed by atoms with Crippen molar-refractivity contribution in [1.29, 1.82) is 0 Å². The number of halogens is 3. The van der Waals surface area contributed by atoms with Crippen molar-refractivity contribution in [2.24, 2.45) is 0 Å². The summed E-state index contributed by atoms with van der Waals surface area (Å²) >= 11 is 24.0. The number of nitrogens with zero attached hydrogens (tertiary/aromatic N) is 4. The van der Waals surface area contributed by atoms with Crippen LogP contribution in [0.25, 0.3) is 0 Å². The van der Waals surface area contributed by atoms with Crippen molar-refractivity contribution in [3.63, 3.8) is 0 Å². The Balaban J connectivity index is 1.61. The molecular formula is C17H17Cl3N6S. The number of rotatable bonds is 6. The Bertz CT molecular complexity index is 932. The van der Waals surface area contributed by atoms with Crippen molar-refractivity contribution in [1.82, 2.24) is 24.9 Å². The standard InChI is InChI=1S/C17H17Cl3N6S/c1-2-25-8-11(7-22-25)6-21-17(27)23-16-15(20)10-26(24-16)9-12-13(18)4-3-5-14(12)19/h3-5,7-8,10H,2,6,9H2,1H3,(H2,21,23,24,27). The number of anilines is 1. The van der Waals surface area contributed by atoms with Gasteiger partial charge in [-0.2, -0.15) is 10.2 Å². The lowest BCUT2D eigenvalue weighted by atomic mass is 10.2. The largest absolute Gasteiger partial charge is 0.358 e. The van der Waals surface area contributed by atoms with E-state index in [2.05, 4.69) is 20.8 Å². The average molecular weight is 444 g/mol. The Morgan fingerprint density at radius 2 is 1.85 bits per heavy atom. The maximum Gasteiger partial charge on any atom is 0.173 e. The molecule has 2 heterocycles. The van der Waals surface area contributed by atoms with Gasteiger partial charge < -0.3 is 10.6 Å². The van der Waals surface area contributed by atoms with Crippen LogP contribution < -0.4 is 10.6 Å². The summed E-state index contributed by atoms with van der Waals surface area (Å²) in [5.74, 6) is 0.460. The van der Waals surface area contributed by atoms with Gasteiger partial charge in [0.05, 0.1) is 12.7 Å². The van der Waals surface area contributed by atoms with E-state index in [1.807, 2.05) is 17.8 Å². The number of thiocarbonyl (C=S) groups is 1. The topological polar surface area (TPSA) is 59.7 Å². The van der Waals surface area contributed by atoms with Crippen molar-refractivity contribution in [2.45, 2.75) is 26.6 Å². The number of hydrogen-bond donors (Lipinski definition) is 2. The fourth-order valence-corrected chi connectivity index (χ4v) is 3.30. The minimum atomic E-state index is 0.399. The second kappa shape index (κ2) is 8.93. The van der Waals surface area contributed by atoms with Gasteiger partial charge >= 0.3 is 0 Å². The molecule has 0 saturated heterocycles. The van der Waals surface area contributed by atoms with Crippen molar-refractivity contribution in [3.05, 3.63) is 63.0 Å². The Kier molecular flexibility index (Phi) is 6.59. The molecular weight excluding hydrogens is 427 g/mol. The van der Waals surface area contributed by atoms with E-state index < -0.39 is 0 Å². The quantitative estimate of drug-likeness (QED) is 0.545. The summed E-state index contributed by atoms with van der Waals surface area (Å²) in [6.45, 7) is 3.81. The van der Waals surface area contributed by atoms with Gasteiger partial charge in [-0.1, -0.05) is 40.9 Å². The predicted molar refractivity (Wildman–Crippen MR) is 114 cm³/mol. The van der Waals surface area contributed by atoms with Gasteiger partial charge in [-0.05, 0) is 31.3 Å². The third kappa shape index (κ3) is 5.13. The van der Waals surface area contributed by atoms with Gasteiger partial charge in [0.25, 0.3) is 0 Å². The van der Waals surface area contributed by atoms with E-state index in [1.54, 1.807) is 35.3 Å². The second-order valence-electron chi connectivity index (χ2n) is 5.74. The first kappa shape index (κ1) is 19.9. The Morgan fingerprint density at radius 1 is 1.11 bits per heavy atom. The summed E-state index contributed by atoms with van der Waals surface area (Å²) in [7, 11) is 0. The molecule has 3 rings (SSSR count). The Hall–Kier alpha value is -1.80. The Labute approximate surface area is 177 Å². The molecule has 0 bridgehead atoms. The van der Waals surface area contributed by atoms with Crippen LogP contribution in [0.3, 0.4) is 0 Å². The first-order valence-corrected chi connectivity index (χ1v) is 9.72. The van der Waals surface area contributed by atoms with Crippen LogP contribution in [-0.4, -0.2) is 24.7 Å². The van der Waals surface area contributed by atoms with Gasteiger partial charge in [0.1, 0.15) is 5.02 Å². The van der Waals surface area contributed by atoms with Gasteiger partial charge in [0.15, 0.2) is 10.9 Å². The monoisotopic (exact) mass is 442 g/mol. The third-order valence-corrected chi connectivity index (χ3v) is 5.03. The lowest BCUT2D eigenvalue weighted by Crippen LogP contribution is -2.28. The van der Waals surface area contributed by atoms with E-state index >= 15 is 0 Å². The number of aryl methyl sites for hydroxylation is 1. The minimum absolute atomic E-state index is 0.399. The zero-order valence-corrected chi connectivity index (χ0v) is 17.5. The highest BCUT2D eigenvalue weighted by Crippen LogP contribution is 2.26. The lowest BCUT2D eigenvalue weighted by molar-refractivity contribution is 0.659. The molecule has 0 radical (unpaired) electrons. The first-order valence-electron chi connectivity index (χ1n) is 8.18. The van der Waals surface area contributed by atoms with Crippen LogP contribution in [0.4, 0.5) is 5.82 Å². The van der Waals surface area contributed by atoms with Crippen LogP contribution in [0.1, 0.15) is 18.1 Å². The molecule has 0 aliphatic carbocycles. The second-order valence-corrected chi connectivity index (χ2v) is 7.37. The molecule has 0 spiro atoms. The summed E-state index contributed by atoms with van der Waals surface area (Å²) in [5, 5.41) is 16.8. The van der Waals surface area contributed by atoms with Crippen LogP contribution >= 0.6 is 47.0 Å². The number of benzene rings is 1. The third-order valence-electron chi connectivity index (χ3n) is 3.79. The van der Waals surface area contributed by atoms with E-state index in [1.165, 1.54) is 0 Å². The molecule has 10 heteroatoms. The fraction of sp³-hybridized carbons (Fsp3) is 0.235. The SMILES string of the molecule is CCn1cc(CNC(=S)Nc2nn(Cc3c(Cl)cccc3Cl)cc2Cl)cn1. The maximum atomic E-state index is 6.26. The summed E-state index contributed by atoms with van der Waals surface area (Å²) in [4.78, 5) is 0. The minimum Gasteiger partial charge on any atom is -0.358 e. The lowest BCUT2D eigenvalue weighted by Gasteiger charge is -2.08. The molecule has 0 saturated carbocycles. The van der Waals surface area contributed by atoms with E-state index in [0.29, 0.717) is 39.1 Å². The molecule has 6 nitrogen and oxygen atoms in total. The van der Waals surface area contributed by atoms with E-state index in [9.17, 15) is 0 Å². The Morgan fingerprint density at radius 3 is 2.52 bits per heavy atom. The molecule has 3 aromatic rings. The molecule has 0 atom stereocenters. The van der Waals surface area contributed by atoms with Crippen LogP contribution in [0.5, 0.6) is 0 Å².